The maximum atomic E-state index is 14.0. The van der Waals surface area contributed by atoms with Crippen molar-refractivity contribution < 1.29 is 23.1 Å². The maximum absolute atomic E-state index is 14.0. The van der Waals surface area contributed by atoms with Gasteiger partial charge in [0.1, 0.15) is 11.6 Å². The van der Waals surface area contributed by atoms with Crippen LogP contribution in [0.4, 0.5) is 25.8 Å². The Morgan fingerprint density at radius 3 is 2.28 bits per heavy atom. The van der Waals surface area contributed by atoms with Gasteiger partial charge in [-0.2, -0.15) is 0 Å². The first-order valence-corrected chi connectivity index (χ1v) is 14.2. The van der Waals surface area contributed by atoms with Crippen molar-refractivity contribution in [1.29, 1.82) is 0 Å². The molecular weight excluding hydrogens is 550 g/mol. The first kappa shape index (κ1) is 28.4. The number of ether oxygens (including phenoxy) is 1. The van der Waals surface area contributed by atoms with Crippen LogP contribution in [0, 0.1) is 11.6 Å². The predicted octanol–water partition coefficient (Wildman–Crippen LogP) is 5.76. The molecule has 0 saturated carbocycles. The van der Waals surface area contributed by atoms with Gasteiger partial charge in [-0.05, 0) is 66.2 Å². The third kappa shape index (κ3) is 6.38. The predicted molar refractivity (Wildman–Crippen MR) is 161 cm³/mol. The Labute approximate surface area is 248 Å². The van der Waals surface area contributed by atoms with Gasteiger partial charge < -0.3 is 10.1 Å². The number of anilines is 2. The monoisotopic (exact) mass is 580 g/mol. The van der Waals surface area contributed by atoms with Crippen molar-refractivity contribution in [2.24, 2.45) is 4.99 Å². The molecule has 4 aromatic carbocycles. The van der Waals surface area contributed by atoms with Crippen LogP contribution in [0.25, 0.3) is 0 Å². The normalized spacial score (nSPS) is 14.7. The highest BCUT2D eigenvalue weighted by Gasteiger charge is 2.29. The molecule has 0 aliphatic carbocycles. The van der Waals surface area contributed by atoms with Crippen LogP contribution in [0.2, 0.25) is 0 Å². The van der Waals surface area contributed by atoms with E-state index in [1.54, 1.807) is 47.4 Å². The number of carbonyl (C=O) groups excluding carboxylic acids is 2. The van der Waals surface area contributed by atoms with Gasteiger partial charge in [-0.25, -0.2) is 13.8 Å². The average molecular weight is 581 g/mol. The minimum atomic E-state index is -0.369. The Bertz CT molecular complexity index is 1670. The first-order valence-electron chi connectivity index (χ1n) is 14.2. The van der Waals surface area contributed by atoms with Gasteiger partial charge in [-0.1, -0.05) is 30.3 Å². The number of aliphatic imine (C=N–C) groups is 1. The Morgan fingerprint density at radius 1 is 0.837 bits per heavy atom. The number of carbonyl (C=O) groups is 2. The summed E-state index contributed by atoms with van der Waals surface area (Å²) in [5, 5.41) is 2.87. The molecule has 43 heavy (non-hydrogen) atoms. The van der Waals surface area contributed by atoms with Crippen molar-refractivity contribution in [1.82, 2.24) is 10.2 Å². The molecule has 9 heteroatoms. The second-order valence-electron chi connectivity index (χ2n) is 10.4. The fourth-order valence-corrected chi connectivity index (χ4v) is 5.30. The lowest BCUT2D eigenvalue weighted by molar-refractivity contribution is -0.118. The summed E-state index contributed by atoms with van der Waals surface area (Å²) < 4.78 is 32.6. The number of hydrogen-bond acceptors (Lipinski definition) is 5. The summed E-state index contributed by atoms with van der Waals surface area (Å²) in [4.78, 5) is 36.0. The summed E-state index contributed by atoms with van der Waals surface area (Å²) in [5.74, 6) is -1.16. The molecule has 2 heterocycles. The first-order chi connectivity index (χ1) is 21.0. The molecule has 0 atom stereocenters. The lowest BCUT2D eigenvalue weighted by Crippen LogP contribution is -2.39. The Balaban J connectivity index is 1.38. The molecule has 2 aliphatic rings. The molecule has 0 aromatic heterocycles. The van der Waals surface area contributed by atoms with E-state index < -0.39 is 0 Å². The minimum absolute atomic E-state index is 0.107. The molecule has 1 saturated heterocycles. The van der Waals surface area contributed by atoms with E-state index >= 15 is 0 Å². The number of nitrogens with zero attached hydrogens (tertiary/aromatic N) is 3. The van der Waals surface area contributed by atoms with Crippen LogP contribution in [0.3, 0.4) is 0 Å². The fraction of sp³-hybridized carbons (Fsp3) is 0.206. The summed E-state index contributed by atoms with van der Waals surface area (Å²) >= 11 is 0. The van der Waals surface area contributed by atoms with Crippen LogP contribution in [-0.4, -0.2) is 55.3 Å². The Morgan fingerprint density at radius 2 is 1.53 bits per heavy atom. The van der Waals surface area contributed by atoms with Gasteiger partial charge in [0, 0.05) is 49.3 Å². The number of halogens is 2. The van der Waals surface area contributed by atoms with Gasteiger partial charge in [0.15, 0.2) is 0 Å². The minimum Gasteiger partial charge on any atom is -0.379 e. The van der Waals surface area contributed by atoms with Gasteiger partial charge in [-0.3, -0.25) is 19.4 Å². The van der Waals surface area contributed by atoms with Gasteiger partial charge in [0.25, 0.3) is 5.91 Å². The van der Waals surface area contributed by atoms with Crippen LogP contribution in [-0.2, 0) is 16.1 Å². The van der Waals surface area contributed by atoms with Gasteiger partial charge >= 0.3 is 0 Å². The van der Waals surface area contributed by atoms with E-state index in [9.17, 15) is 18.4 Å². The average Bonchev–Trinajstić information content (AvgIpc) is 3.18. The SMILES string of the molecule is O=C(NCc1ccc(F)cc1)c1ccc2c(c1)N=C(c1ccc(F)cc1)c1ccccc1N2C(=O)CCN1CCOCC1. The van der Waals surface area contributed by atoms with Crippen molar-refractivity contribution in [2.45, 2.75) is 13.0 Å². The maximum Gasteiger partial charge on any atom is 0.251 e. The van der Waals surface area contributed by atoms with E-state index in [0.29, 0.717) is 59.2 Å². The molecule has 0 spiro atoms. The molecule has 218 valence electrons. The number of fused-ring (bicyclic) bond motifs is 2. The zero-order chi connectivity index (χ0) is 29.8. The lowest BCUT2D eigenvalue weighted by atomic mass is 10.00. The molecule has 7 nitrogen and oxygen atoms in total. The van der Waals surface area contributed by atoms with Crippen molar-refractivity contribution in [3.05, 3.63) is 125 Å². The van der Waals surface area contributed by atoms with Crippen LogP contribution in [0.15, 0.2) is 96.0 Å². The lowest BCUT2D eigenvalue weighted by Gasteiger charge is -2.29. The van der Waals surface area contributed by atoms with Gasteiger partial charge in [-0.15, -0.1) is 0 Å². The molecule has 4 aromatic rings. The van der Waals surface area contributed by atoms with Gasteiger partial charge in [0.2, 0.25) is 5.91 Å². The van der Waals surface area contributed by atoms with E-state index in [4.69, 9.17) is 9.73 Å². The van der Waals surface area contributed by atoms with Crippen LogP contribution < -0.4 is 10.2 Å². The molecule has 0 bridgehead atoms. The highest BCUT2D eigenvalue weighted by atomic mass is 19.1. The standard InChI is InChI=1S/C34H30F2N4O3/c35-26-10-5-23(6-11-26)22-37-34(42)25-9-14-31-29(21-25)38-33(24-7-12-27(36)13-8-24)28-3-1-2-4-30(28)40(31)32(41)15-16-39-17-19-43-20-18-39/h1-14,21H,15-20,22H2,(H,37,42). The van der Waals surface area contributed by atoms with Crippen molar-refractivity contribution >= 4 is 34.6 Å². The Hall–Kier alpha value is -4.73. The molecule has 2 aliphatic heterocycles. The molecule has 6 rings (SSSR count). The molecule has 1 N–H and O–H groups in total. The number of nitrogens with one attached hydrogen (secondary N) is 1. The van der Waals surface area contributed by atoms with Crippen LogP contribution in [0.1, 0.15) is 33.5 Å². The number of morpholine rings is 1. The third-order valence-electron chi connectivity index (χ3n) is 7.59. The largest absolute Gasteiger partial charge is 0.379 e. The quantitative estimate of drug-likeness (QED) is 0.302. The molecule has 0 unspecified atom stereocenters. The number of para-hydroxylation sites is 1. The smallest absolute Gasteiger partial charge is 0.251 e. The zero-order valence-corrected chi connectivity index (χ0v) is 23.4. The topological polar surface area (TPSA) is 74.2 Å². The molecular formula is C34H30F2N4O3. The number of amides is 2. The summed E-state index contributed by atoms with van der Waals surface area (Å²) in [6.45, 7) is 3.64. The second-order valence-corrected chi connectivity index (χ2v) is 10.4. The van der Waals surface area contributed by atoms with Gasteiger partial charge in [0.05, 0.1) is 36.0 Å². The third-order valence-corrected chi connectivity index (χ3v) is 7.59. The second kappa shape index (κ2) is 12.6. The summed E-state index contributed by atoms with van der Waals surface area (Å²) in [6.07, 6.45) is 0.277. The van der Waals surface area contributed by atoms with E-state index in [0.717, 1.165) is 18.7 Å². The van der Waals surface area contributed by atoms with Crippen LogP contribution in [0.5, 0.6) is 0 Å². The summed E-state index contributed by atoms with van der Waals surface area (Å²) in [5.41, 5.74) is 4.70. The molecule has 2 amide bonds. The fourth-order valence-electron chi connectivity index (χ4n) is 5.30. The van der Waals surface area contributed by atoms with E-state index in [-0.39, 0.29) is 36.4 Å². The van der Waals surface area contributed by atoms with Crippen molar-refractivity contribution in [3.63, 3.8) is 0 Å². The Kier molecular flexibility index (Phi) is 8.35. The van der Waals surface area contributed by atoms with E-state index in [1.165, 1.54) is 24.3 Å². The summed E-state index contributed by atoms with van der Waals surface area (Å²) in [6, 6.07) is 24.5. The van der Waals surface area contributed by atoms with Crippen LogP contribution >= 0.6 is 0 Å². The van der Waals surface area contributed by atoms with E-state index in [2.05, 4.69) is 10.2 Å². The van der Waals surface area contributed by atoms with E-state index in [1.807, 2.05) is 24.3 Å². The number of benzene rings is 4. The molecule has 0 radical (unpaired) electrons. The molecule has 1 fully saturated rings. The number of rotatable bonds is 7. The highest BCUT2D eigenvalue weighted by molar-refractivity contribution is 6.21. The number of hydrogen-bond donors (Lipinski definition) is 1. The summed E-state index contributed by atoms with van der Waals surface area (Å²) in [7, 11) is 0. The van der Waals surface area contributed by atoms with Crippen molar-refractivity contribution in [3.8, 4) is 0 Å². The highest BCUT2D eigenvalue weighted by Crippen LogP contribution is 2.41. The zero-order valence-electron chi connectivity index (χ0n) is 23.4. The van der Waals surface area contributed by atoms with Crippen molar-refractivity contribution in [2.75, 3.05) is 37.7 Å².